The van der Waals surface area contributed by atoms with Crippen LogP contribution in [0, 0.1) is 5.82 Å². The second-order valence-corrected chi connectivity index (χ2v) is 6.77. The highest BCUT2D eigenvalue weighted by molar-refractivity contribution is 5.92. The number of hydrogen-bond donors (Lipinski definition) is 2. The van der Waals surface area contributed by atoms with Crippen LogP contribution in [0.3, 0.4) is 0 Å². The molecule has 6 heteroatoms. The van der Waals surface area contributed by atoms with Crippen molar-refractivity contribution in [2.24, 2.45) is 0 Å². The number of aromatic nitrogens is 2. The molecule has 26 heavy (non-hydrogen) atoms. The molecule has 3 aromatic rings. The highest BCUT2D eigenvalue weighted by Gasteiger charge is 2.25. The number of rotatable bonds is 4. The highest BCUT2D eigenvalue weighted by atomic mass is 19.1. The van der Waals surface area contributed by atoms with Crippen molar-refractivity contribution in [2.45, 2.75) is 18.8 Å². The summed E-state index contributed by atoms with van der Waals surface area (Å²) < 4.78 is 12.9. The number of hydrogen-bond acceptors (Lipinski definition) is 3. The van der Waals surface area contributed by atoms with Crippen molar-refractivity contribution in [3.63, 3.8) is 0 Å². The second kappa shape index (κ2) is 7.25. The lowest BCUT2D eigenvalue weighted by molar-refractivity contribution is -0.117. The summed E-state index contributed by atoms with van der Waals surface area (Å²) in [6.45, 7) is 2.03. The Morgan fingerprint density at radius 3 is 2.85 bits per heavy atom. The zero-order chi connectivity index (χ0) is 17.9. The monoisotopic (exact) mass is 352 g/mol. The van der Waals surface area contributed by atoms with Crippen molar-refractivity contribution in [2.75, 3.05) is 25.0 Å². The molecule has 1 aromatic heterocycles. The minimum absolute atomic E-state index is 0.0816. The summed E-state index contributed by atoms with van der Waals surface area (Å²) in [5.41, 5.74) is 2.64. The van der Waals surface area contributed by atoms with Gasteiger partial charge in [0.25, 0.3) is 0 Å². The van der Waals surface area contributed by atoms with Gasteiger partial charge in [-0.15, -0.1) is 0 Å². The molecule has 0 aliphatic carbocycles. The third-order valence-electron chi connectivity index (χ3n) is 4.80. The Bertz CT molecular complexity index is 873. The Balaban J connectivity index is 1.38. The molecule has 1 atom stereocenters. The molecule has 1 amide bonds. The number of carbonyl (C=O) groups excluding carboxylic acids is 1. The van der Waals surface area contributed by atoms with E-state index in [-0.39, 0.29) is 11.7 Å². The SMILES string of the molecule is O=C(CN1CCCC(c2nc3ccccc3[nH]2)C1)Nc1ccc(F)cc1. The van der Waals surface area contributed by atoms with E-state index in [1.165, 1.54) is 12.1 Å². The Morgan fingerprint density at radius 1 is 1.23 bits per heavy atom. The van der Waals surface area contributed by atoms with Crippen LogP contribution in [-0.4, -0.2) is 40.4 Å². The highest BCUT2D eigenvalue weighted by Crippen LogP contribution is 2.26. The Morgan fingerprint density at radius 2 is 2.04 bits per heavy atom. The van der Waals surface area contributed by atoms with Gasteiger partial charge in [0.1, 0.15) is 11.6 Å². The van der Waals surface area contributed by atoms with Gasteiger partial charge in [-0.25, -0.2) is 9.37 Å². The van der Waals surface area contributed by atoms with Crippen LogP contribution >= 0.6 is 0 Å². The van der Waals surface area contributed by atoms with Gasteiger partial charge in [0.2, 0.25) is 5.91 Å². The molecule has 2 heterocycles. The predicted octanol–water partition coefficient (Wildman–Crippen LogP) is 3.52. The summed E-state index contributed by atoms with van der Waals surface area (Å²) in [5, 5.41) is 2.82. The minimum Gasteiger partial charge on any atom is -0.342 e. The molecular formula is C20H21FN4O. The number of para-hydroxylation sites is 2. The van der Waals surface area contributed by atoms with Crippen LogP contribution in [0.5, 0.6) is 0 Å². The number of carbonyl (C=O) groups is 1. The fraction of sp³-hybridized carbons (Fsp3) is 0.300. The number of nitrogens with one attached hydrogen (secondary N) is 2. The maximum atomic E-state index is 12.9. The second-order valence-electron chi connectivity index (χ2n) is 6.77. The van der Waals surface area contributed by atoms with Crippen molar-refractivity contribution >= 4 is 22.6 Å². The van der Waals surface area contributed by atoms with Gasteiger partial charge >= 0.3 is 0 Å². The van der Waals surface area contributed by atoms with E-state index in [0.717, 1.165) is 42.8 Å². The predicted molar refractivity (Wildman–Crippen MR) is 99.5 cm³/mol. The molecule has 2 N–H and O–H groups in total. The van der Waals surface area contributed by atoms with E-state index in [4.69, 9.17) is 4.98 Å². The number of likely N-dealkylation sites (tertiary alicyclic amines) is 1. The van der Waals surface area contributed by atoms with Gasteiger partial charge in [0.15, 0.2) is 0 Å². The lowest BCUT2D eigenvalue weighted by atomic mass is 9.97. The molecule has 1 fully saturated rings. The van der Waals surface area contributed by atoms with Gasteiger partial charge in [-0.3, -0.25) is 9.69 Å². The molecule has 1 aliphatic rings. The Kier molecular flexibility index (Phi) is 4.67. The molecule has 4 rings (SSSR count). The summed E-state index contributed by atoms with van der Waals surface area (Å²) in [5.74, 6) is 0.902. The van der Waals surface area contributed by atoms with Crippen LogP contribution in [0.15, 0.2) is 48.5 Å². The summed E-state index contributed by atoms with van der Waals surface area (Å²) in [6, 6.07) is 13.8. The number of amides is 1. The van der Waals surface area contributed by atoms with Crippen molar-refractivity contribution < 1.29 is 9.18 Å². The third-order valence-corrected chi connectivity index (χ3v) is 4.80. The number of halogens is 1. The van der Waals surface area contributed by atoms with Crippen molar-refractivity contribution in [3.05, 3.63) is 60.2 Å². The molecular weight excluding hydrogens is 331 g/mol. The number of benzene rings is 2. The van der Waals surface area contributed by atoms with E-state index in [1.54, 1.807) is 12.1 Å². The summed E-state index contributed by atoms with van der Waals surface area (Å²) >= 11 is 0. The molecule has 134 valence electrons. The maximum absolute atomic E-state index is 12.9. The number of imidazole rings is 1. The van der Waals surface area contributed by atoms with Gasteiger partial charge in [-0.05, 0) is 55.8 Å². The molecule has 0 spiro atoms. The molecule has 1 saturated heterocycles. The van der Waals surface area contributed by atoms with Crippen molar-refractivity contribution in [3.8, 4) is 0 Å². The van der Waals surface area contributed by atoms with Crippen LogP contribution < -0.4 is 5.32 Å². The van der Waals surface area contributed by atoms with Crippen molar-refractivity contribution in [1.29, 1.82) is 0 Å². The average Bonchev–Trinajstić information content (AvgIpc) is 3.08. The molecule has 1 aliphatic heterocycles. The number of H-pyrrole nitrogens is 1. The largest absolute Gasteiger partial charge is 0.342 e. The first kappa shape index (κ1) is 16.7. The molecule has 0 bridgehead atoms. The van der Waals surface area contributed by atoms with Crippen LogP contribution in [0.1, 0.15) is 24.6 Å². The number of piperidine rings is 1. The van der Waals surface area contributed by atoms with E-state index in [9.17, 15) is 9.18 Å². The van der Waals surface area contributed by atoms with Crippen molar-refractivity contribution in [1.82, 2.24) is 14.9 Å². The van der Waals surface area contributed by atoms with Gasteiger partial charge in [0.05, 0.1) is 17.6 Å². The topological polar surface area (TPSA) is 61.0 Å². The van der Waals surface area contributed by atoms with E-state index in [2.05, 4.69) is 15.2 Å². The molecule has 0 radical (unpaired) electrons. The fourth-order valence-corrected chi connectivity index (χ4v) is 3.53. The fourth-order valence-electron chi connectivity index (χ4n) is 3.53. The van der Waals surface area contributed by atoms with Crippen LogP contribution in [0.4, 0.5) is 10.1 Å². The van der Waals surface area contributed by atoms with E-state index < -0.39 is 0 Å². The minimum atomic E-state index is -0.312. The van der Waals surface area contributed by atoms with Gasteiger partial charge in [-0.2, -0.15) is 0 Å². The van der Waals surface area contributed by atoms with Crippen LogP contribution in [-0.2, 0) is 4.79 Å². The molecule has 0 saturated carbocycles. The first-order valence-corrected chi connectivity index (χ1v) is 8.90. The van der Waals surface area contributed by atoms with E-state index in [0.29, 0.717) is 18.2 Å². The van der Waals surface area contributed by atoms with Gasteiger partial charge < -0.3 is 10.3 Å². The van der Waals surface area contributed by atoms with Gasteiger partial charge in [-0.1, -0.05) is 12.1 Å². The zero-order valence-corrected chi connectivity index (χ0v) is 14.4. The molecule has 1 unspecified atom stereocenters. The first-order chi connectivity index (χ1) is 12.7. The number of nitrogens with zero attached hydrogens (tertiary/aromatic N) is 2. The normalized spacial score (nSPS) is 18.1. The Hall–Kier alpha value is -2.73. The number of aromatic amines is 1. The van der Waals surface area contributed by atoms with E-state index >= 15 is 0 Å². The molecule has 5 nitrogen and oxygen atoms in total. The number of anilines is 1. The lowest BCUT2D eigenvalue weighted by Gasteiger charge is -2.31. The smallest absolute Gasteiger partial charge is 0.238 e. The first-order valence-electron chi connectivity index (χ1n) is 8.90. The Labute approximate surface area is 151 Å². The summed E-state index contributed by atoms with van der Waals surface area (Å²) in [6.07, 6.45) is 2.10. The van der Waals surface area contributed by atoms with Crippen LogP contribution in [0.2, 0.25) is 0 Å². The summed E-state index contributed by atoms with van der Waals surface area (Å²) in [7, 11) is 0. The maximum Gasteiger partial charge on any atom is 0.238 e. The standard InChI is InChI=1S/C20H21FN4O/c21-15-7-9-16(10-8-15)22-19(26)13-25-11-3-4-14(12-25)20-23-17-5-1-2-6-18(17)24-20/h1-2,5-10,14H,3-4,11-13H2,(H,22,26)(H,23,24). The van der Waals surface area contributed by atoms with Gasteiger partial charge in [0, 0.05) is 18.2 Å². The lowest BCUT2D eigenvalue weighted by Crippen LogP contribution is -2.40. The van der Waals surface area contributed by atoms with Crippen LogP contribution in [0.25, 0.3) is 11.0 Å². The zero-order valence-electron chi connectivity index (χ0n) is 14.4. The molecule has 2 aromatic carbocycles. The number of fused-ring (bicyclic) bond motifs is 1. The quantitative estimate of drug-likeness (QED) is 0.755. The third kappa shape index (κ3) is 3.75. The average molecular weight is 352 g/mol. The van der Waals surface area contributed by atoms with E-state index in [1.807, 2.05) is 24.3 Å². The summed E-state index contributed by atoms with van der Waals surface area (Å²) in [4.78, 5) is 22.6.